The molecule has 10 N–H and O–H groups in total. The second kappa shape index (κ2) is 9.81. The van der Waals surface area contributed by atoms with Gasteiger partial charge in [0.2, 0.25) is 0 Å². The summed E-state index contributed by atoms with van der Waals surface area (Å²) in [7, 11) is 0. The maximum Gasteiger partial charge on any atom is 0.101 e. The van der Waals surface area contributed by atoms with Crippen LogP contribution in [0.15, 0.2) is 97.3 Å². The Hall–Kier alpha value is -6.90. The lowest BCUT2D eigenvalue weighted by Crippen LogP contribution is -1.92. The number of fused-ring (bicyclic) bond motifs is 4. The van der Waals surface area contributed by atoms with Gasteiger partial charge in [0, 0.05) is 56.1 Å². The Kier molecular flexibility index (Phi) is 5.46. The number of benzene rings is 3. The summed E-state index contributed by atoms with van der Waals surface area (Å²) in [5.41, 5.74) is 21.1. The van der Waals surface area contributed by atoms with Gasteiger partial charge in [-0.15, -0.1) is 0 Å². The van der Waals surface area contributed by atoms with Gasteiger partial charge in [0.25, 0.3) is 0 Å². The summed E-state index contributed by atoms with van der Waals surface area (Å²) in [5.74, 6) is 15.1. The first-order chi connectivity index (χ1) is 22.6. The molecule has 0 aliphatic heterocycles. The minimum Gasteiger partial charge on any atom is -0.385 e. The van der Waals surface area contributed by atoms with Crippen molar-refractivity contribution < 1.29 is 0 Å². The predicted octanol–water partition coefficient (Wildman–Crippen LogP) is 7.57. The van der Waals surface area contributed by atoms with Crippen molar-refractivity contribution in [1.82, 2.24) is 29.9 Å². The van der Waals surface area contributed by atoms with Crippen LogP contribution >= 0.6 is 0 Å². The van der Waals surface area contributed by atoms with Crippen LogP contribution in [-0.2, 0) is 0 Å². The molecule has 0 unspecified atom stereocenters. The zero-order valence-corrected chi connectivity index (χ0v) is 24.4. The fraction of sp³-hybridized carbons (Fsp3) is 0. The minimum atomic E-state index is 0.618. The summed E-state index contributed by atoms with van der Waals surface area (Å²) in [6.07, 6.45) is 3.93. The van der Waals surface area contributed by atoms with Crippen LogP contribution in [0.3, 0.4) is 0 Å². The van der Waals surface area contributed by atoms with E-state index in [2.05, 4.69) is 90.0 Å². The fourth-order valence-corrected chi connectivity index (χ4v) is 6.24. The highest BCUT2D eigenvalue weighted by Crippen LogP contribution is 2.37. The first-order valence-electron chi connectivity index (χ1n) is 14.9. The first-order valence-corrected chi connectivity index (χ1v) is 14.9. The molecule has 6 aromatic heterocycles. The van der Waals surface area contributed by atoms with E-state index in [4.69, 9.17) is 11.5 Å². The largest absolute Gasteiger partial charge is 0.385 e. The Bertz CT molecular complexity index is 2470. The number of rotatable bonds is 2. The van der Waals surface area contributed by atoms with Crippen molar-refractivity contribution in [2.24, 2.45) is 0 Å². The molecule has 3 aromatic carbocycles. The van der Waals surface area contributed by atoms with Gasteiger partial charge in [-0.2, -0.15) is 0 Å². The quantitative estimate of drug-likeness (QED) is 0.0771. The number of nitrogens with two attached hydrogens (primary N) is 2. The monoisotopic (exact) mass is 594 g/mol. The van der Waals surface area contributed by atoms with E-state index in [1.54, 1.807) is 0 Å². The number of hydrogen-bond donors (Lipinski definition) is 8. The third-order valence-electron chi connectivity index (χ3n) is 8.47. The molecule has 0 amide bonds. The van der Waals surface area contributed by atoms with E-state index >= 15 is 0 Å². The summed E-state index contributed by atoms with van der Waals surface area (Å²) in [4.78, 5) is 19.9. The molecule has 0 saturated heterocycles. The van der Waals surface area contributed by atoms with E-state index in [1.807, 2.05) is 60.9 Å². The molecule has 9 aromatic rings. The molecule has 8 nitrogen and oxygen atoms in total. The van der Waals surface area contributed by atoms with Crippen LogP contribution in [0, 0.1) is 23.7 Å². The fourth-order valence-electron chi connectivity index (χ4n) is 6.24. The summed E-state index contributed by atoms with van der Waals surface area (Å²) in [5, 5.41) is 6.38. The third kappa shape index (κ3) is 4.22. The molecule has 6 heterocycles. The van der Waals surface area contributed by atoms with Crippen LogP contribution in [-0.4, -0.2) is 29.9 Å². The predicted molar refractivity (Wildman–Crippen MR) is 187 cm³/mol. The Morgan fingerprint density at radius 3 is 1.26 bits per heavy atom. The molecule has 0 radical (unpaired) electrons. The number of nitrogen functional groups attached to an aromatic ring is 2. The van der Waals surface area contributed by atoms with E-state index in [0.29, 0.717) is 11.6 Å². The molecular formula is C38H26N8. The van der Waals surface area contributed by atoms with Crippen LogP contribution in [0.25, 0.3) is 66.1 Å². The molecule has 9 rings (SSSR count). The average Bonchev–Trinajstić information content (AvgIpc) is 3.89. The highest BCUT2D eigenvalue weighted by Gasteiger charge is 2.15. The molecule has 0 aliphatic carbocycles. The zero-order chi connectivity index (χ0) is 30.8. The number of aromatic amines is 6. The SMILES string of the molecule is Nc1ccc(-c2ccc(C#Cc3c4cc5cc[nH]c5cc4c(C#Cc4ccc(-c5ccc(N)[nH]5)[nH]4)c4cc5cc[nH]c5cc34)[nH]2)[nH]1. The molecule has 0 saturated carbocycles. The topological polar surface area (TPSA) is 147 Å². The van der Waals surface area contributed by atoms with Gasteiger partial charge in [-0.1, -0.05) is 11.8 Å². The van der Waals surface area contributed by atoms with Gasteiger partial charge in [-0.05, 0) is 108 Å². The van der Waals surface area contributed by atoms with Crippen molar-refractivity contribution in [1.29, 1.82) is 0 Å². The molecule has 0 bridgehead atoms. The molecule has 8 heteroatoms. The molecule has 0 fully saturated rings. The highest BCUT2D eigenvalue weighted by molar-refractivity contribution is 6.15. The van der Waals surface area contributed by atoms with Gasteiger partial charge in [0.1, 0.15) is 11.6 Å². The van der Waals surface area contributed by atoms with Gasteiger partial charge < -0.3 is 41.4 Å². The average molecular weight is 595 g/mol. The van der Waals surface area contributed by atoms with E-state index in [9.17, 15) is 0 Å². The maximum atomic E-state index is 5.90. The normalized spacial score (nSPS) is 11.3. The number of aromatic nitrogens is 6. The maximum absolute atomic E-state index is 5.90. The Balaban J connectivity index is 1.26. The number of nitrogens with one attached hydrogen (secondary N) is 6. The van der Waals surface area contributed by atoms with Crippen molar-refractivity contribution in [3.8, 4) is 46.5 Å². The van der Waals surface area contributed by atoms with E-state index < -0.39 is 0 Å². The molecule has 46 heavy (non-hydrogen) atoms. The Morgan fingerprint density at radius 1 is 0.413 bits per heavy atom. The minimum absolute atomic E-state index is 0.618. The molecular weight excluding hydrogens is 568 g/mol. The number of hydrogen-bond acceptors (Lipinski definition) is 2. The summed E-state index contributed by atoms with van der Waals surface area (Å²) >= 11 is 0. The highest BCUT2D eigenvalue weighted by atomic mass is 14.9. The summed E-state index contributed by atoms with van der Waals surface area (Å²) in [6, 6.07) is 28.5. The van der Waals surface area contributed by atoms with Crippen LogP contribution in [0.4, 0.5) is 11.6 Å². The third-order valence-corrected chi connectivity index (χ3v) is 8.47. The van der Waals surface area contributed by atoms with E-state index in [-0.39, 0.29) is 0 Å². The van der Waals surface area contributed by atoms with Crippen molar-refractivity contribution in [3.05, 3.63) is 120 Å². The zero-order valence-electron chi connectivity index (χ0n) is 24.4. The Morgan fingerprint density at radius 2 is 0.826 bits per heavy atom. The van der Waals surface area contributed by atoms with Gasteiger partial charge in [-0.25, -0.2) is 0 Å². The van der Waals surface area contributed by atoms with Crippen molar-refractivity contribution in [2.75, 3.05) is 11.5 Å². The molecule has 0 atom stereocenters. The van der Waals surface area contributed by atoms with Crippen molar-refractivity contribution >= 4 is 55.0 Å². The Labute approximate surface area is 262 Å². The van der Waals surface area contributed by atoms with Crippen molar-refractivity contribution in [3.63, 3.8) is 0 Å². The van der Waals surface area contributed by atoms with Crippen molar-refractivity contribution in [2.45, 2.75) is 0 Å². The van der Waals surface area contributed by atoms with Gasteiger partial charge in [0.05, 0.1) is 34.2 Å². The van der Waals surface area contributed by atoms with Crippen LogP contribution in [0.5, 0.6) is 0 Å². The van der Waals surface area contributed by atoms with Gasteiger partial charge in [-0.3, -0.25) is 0 Å². The summed E-state index contributed by atoms with van der Waals surface area (Å²) in [6.45, 7) is 0. The second-order valence-electron chi connectivity index (χ2n) is 11.4. The second-order valence-corrected chi connectivity index (χ2v) is 11.4. The lowest BCUT2D eigenvalue weighted by molar-refractivity contribution is 1.31. The molecule has 218 valence electrons. The first kappa shape index (κ1) is 25.6. The smallest absolute Gasteiger partial charge is 0.101 e. The lowest BCUT2D eigenvalue weighted by Gasteiger charge is -2.12. The number of anilines is 2. The number of H-pyrrole nitrogens is 6. The molecule has 0 aliphatic rings. The van der Waals surface area contributed by atoms with Crippen LogP contribution in [0.1, 0.15) is 22.5 Å². The van der Waals surface area contributed by atoms with Gasteiger partial charge >= 0.3 is 0 Å². The van der Waals surface area contributed by atoms with E-state index in [1.165, 1.54) is 0 Å². The standard InChI is InChI=1S/C38H26N8/c39-37-11-9-33(45-37)31-7-3-23(43-31)1-5-25-27-17-21-13-15-42-36(21)20-30(27)26(28-18-22-14-16-41-35(22)19-29(25)28)6-2-24-4-8-32(44-24)34-10-12-38(40)46-34/h3-4,7-20,41-46H,39-40H2. The van der Waals surface area contributed by atoms with Crippen LogP contribution in [0.2, 0.25) is 0 Å². The lowest BCUT2D eigenvalue weighted by atomic mass is 9.90. The molecule has 0 spiro atoms. The van der Waals surface area contributed by atoms with Crippen LogP contribution < -0.4 is 11.5 Å². The van der Waals surface area contributed by atoms with E-state index in [0.717, 1.165) is 88.6 Å². The summed E-state index contributed by atoms with van der Waals surface area (Å²) < 4.78 is 0. The van der Waals surface area contributed by atoms with Gasteiger partial charge in [0.15, 0.2) is 0 Å².